The number of hydrogen-bond acceptors (Lipinski definition) is 5. The number of anilines is 1. The Morgan fingerprint density at radius 2 is 1.60 bits per heavy atom. The van der Waals surface area contributed by atoms with Gasteiger partial charge in [-0.05, 0) is 49.2 Å². The molecule has 0 aromatic heterocycles. The number of fused-ring (bicyclic) bond motifs is 1. The summed E-state index contributed by atoms with van der Waals surface area (Å²) in [5.74, 6) is -0.172. The minimum absolute atomic E-state index is 0.0888. The van der Waals surface area contributed by atoms with E-state index in [4.69, 9.17) is 21.1 Å². The monoisotopic (exact) mass is 497 g/mol. The summed E-state index contributed by atoms with van der Waals surface area (Å²) in [4.78, 5) is 45.1. The summed E-state index contributed by atoms with van der Waals surface area (Å²) in [5, 5.41) is 0.570. The average molecular weight is 498 g/mol. The number of para-hydroxylation sites is 2. The zero-order valence-electron chi connectivity index (χ0n) is 19.4. The maximum atomic E-state index is 13.8. The second kappa shape index (κ2) is 10.3. The molecule has 2 atom stereocenters. The molecule has 0 N–H and O–H groups in total. The summed E-state index contributed by atoms with van der Waals surface area (Å²) in [5.41, 5.74) is 1.21. The number of piperidine rings is 1. The quantitative estimate of drug-likeness (QED) is 0.651. The van der Waals surface area contributed by atoms with Crippen LogP contribution in [0, 0.1) is 5.92 Å². The van der Waals surface area contributed by atoms with Gasteiger partial charge in [-0.2, -0.15) is 0 Å². The van der Waals surface area contributed by atoms with E-state index in [1.54, 1.807) is 45.0 Å². The molecule has 0 radical (unpaired) electrons. The number of halogens is 1. The number of hydrogen-bond donors (Lipinski definition) is 0. The SMILES string of the molecule is O=C(c1ccc(Cl)cc1)N1CCC[C@@H](C(=O)N2C[C@@H](C(=O)N3CCOCC3)Oc3ccccc32)C1. The summed E-state index contributed by atoms with van der Waals surface area (Å²) in [7, 11) is 0. The number of carbonyl (C=O) groups excluding carboxylic acids is 3. The van der Waals surface area contributed by atoms with Gasteiger partial charge in [0.05, 0.1) is 31.4 Å². The molecule has 2 aromatic carbocycles. The van der Waals surface area contributed by atoms with Crippen LogP contribution in [-0.2, 0) is 14.3 Å². The number of likely N-dealkylation sites (tertiary alicyclic amines) is 1. The summed E-state index contributed by atoms with van der Waals surface area (Å²) < 4.78 is 11.4. The molecule has 2 aromatic rings. The van der Waals surface area contributed by atoms with Gasteiger partial charge in [0.1, 0.15) is 5.75 Å². The summed E-state index contributed by atoms with van der Waals surface area (Å²) in [6.07, 6.45) is 0.644. The molecular formula is C26H28ClN3O5. The van der Waals surface area contributed by atoms with Crippen LogP contribution in [-0.4, -0.2) is 79.6 Å². The molecule has 5 rings (SSSR count). The van der Waals surface area contributed by atoms with Crippen molar-refractivity contribution in [1.82, 2.24) is 9.80 Å². The van der Waals surface area contributed by atoms with Gasteiger partial charge in [0, 0.05) is 36.8 Å². The molecule has 184 valence electrons. The van der Waals surface area contributed by atoms with Crippen molar-refractivity contribution < 1.29 is 23.9 Å². The predicted molar refractivity (Wildman–Crippen MR) is 131 cm³/mol. The van der Waals surface area contributed by atoms with E-state index < -0.39 is 6.10 Å². The molecule has 3 aliphatic rings. The topological polar surface area (TPSA) is 79.4 Å². The first-order chi connectivity index (χ1) is 17.0. The maximum absolute atomic E-state index is 13.8. The third-order valence-electron chi connectivity index (χ3n) is 6.79. The fraction of sp³-hybridized carbons (Fsp3) is 0.423. The molecule has 0 aliphatic carbocycles. The highest BCUT2D eigenvalue weighted by Gasteiger charge is 2.39. The molecule has 8 nitrogen and oxygen atoms in total. The van der Waals surface area contributed by atoms with E-state index >= 15 is 0 Å². The van der Waals surface area contributed by atoms with Crippen LogP contribution in [0.3, 0.4) is 0 Å². The fourth-order valence-corrected chi connectivity index (χ4v) is 5.04. The second-order valence-corrected chi connectivity index (χ2v) is 9.49. The van der Waals surface area contributed by atoms with Crippen LogP contribution >= 0.6 is 11.6 Å². The van der Waals surface area contributed by atoms with Gasteiger partial charge in [-0.25, -0.2) is 0 Å². The van der Waals surface area contributed by atoms with E-state index in [0.717, 1.165) is 6.42 Å². The standard InChI is InChI=1S/C26H28ClN3O5/c27-20-9-7-18(8-10-20)24(31)29-11-3-4-19(16-29)25(32)30-17-23(26(33)28-12-14-34-15-13-28)35-22-6-2-1-5-21(22)30/h1-2,5-10,19,23H,3-4,11-17H2/t19-,23+/m1/s1. The van der Waals surface area contributed by atoms with Crippen molar-refractivity contribution in [3.8, 4) is 5.75 Å². The normalized spacial score (nSPS) is 22.3. The third kappa shape index (κ3) is 4.99. The number of ether oxygens (including phenoxy) is 2. The van der Waals surface area contributed by atoms with E-state index in [-0.39, 0.29) is 30.2 Å². The van der Waals surface area contributed by atoms with E-state index in [9.17, 15) is 14.4 Å². The lowest BCUT2D eigenvalue weighted by atomic mass is 9.95. The van der Waals surface area contributed by atoms with E-state index in [2.05, 4.69) is 0 Å². The van der Waals surface area contributed by atoms with Gasteiger partial charge in [-0.3, -0.25) is 14.4 Å². The summed E-state index contributed by atoms with van der Waals surface area (Å²) in [6.45, 7) is 3.10. The third-order valence-corrected chi connectivity index (χ3v) is 7.04. The zero-order valence-corrected chi connectivity index (χ0v) is 20.2. The molecule has 0 saturated carbocycles. The molecule has 9 heteroatoms. The van der Waals surface area contributed by atoms with Crippen LogP contribution in [0.25, 0.3) is 0 Å². The molecule has 0 unspecified atom stereocenters. The van der Waals surface area contributed by atoms with Crippen LogP contribution in [0.5, 0.6) is 5.75 Å². The lowest BCUT2D eigenvalue weighted by molar-refractivity contribution is -0.143. The highest BCUT2D eigenvalue weighted by atomic mass is 35.5. The Morgan fingerprint density at radius 1 is 0.857 bits per heavy atom. The van der Waals surface area contributed by atoms with Gasteiger partial charge in [0.2, 0.25) is 5.91 Å². The van der Waals surface area contributed by atoms with Gasteiger partial charge in [-0.1, -0.05) is 23.7 Å². The number of benzene rings is 2. The second-order valence-electron chi connectivity index (χ2n) is 9.06. The number of rotatable bonds is 3. The smallest absolute Gasteiger partial charge is 0.265 e. The van der Waals surface area contributed by atoms with E-state index in [1.807, 2.05) is 18.2 Å². The molecule has 0 spiro atoms. The lowest BCUT2D eigenvalue weighted by Crippen LogP contribution is -2.56. The molecule has 35 heavy (non-hydrogen) atoms. The van der Waals surface area contributed by atoms with Crippen molar-refractivity contribution in [2.75, 3.05) is 50.8 Å². The molecule has 2 fully saturated rings. The van der Waals surface area contributed by atoms with Crippen LogP contribution in [0.15, 0.2) is 48.5 Å². The van der Waals surface area contributed by atoms with Crippen molar-refractivity contribution in [3.05, 3.63) is 59.1 Å². The Labute approximate surface area is 209 Å². The highest BCUT2D eigenvalue weighted by Crippen LogP contribution is 2.35. The first-order valence-electron chi connectivity index (χ1n) is 12.0. The number of nitrogens with zero attached hydrogens (tertiary/aromatic N) is 3. The highest BCUT2D eigenvalue weighted by molar-refractivity contribution is 6.30. The number of morpholine rings is 1. The van der Waals surface area contributed by atoms with Gasteiger partial charge in [0.15, 0.2) is 6.10 Å². The Bertz CT molecular complexity index is 1100. The summed E-state index contributed by atoms with van der Waals surface area (Å²) in [6, 6.07) is 14.1. The lowest BCUT2D eigenvalue weighted by Gasteiger charge is -2.40. The van der Waals surface area contributed by atoms with Crippen LogP contribution in [0.4, 0.5) is 5.69 Å². The van der Waals surface area contributed by atoms with Crippen LogP contribution in [0.2, 0.25) is 5.02 Å². The Balaban J connectivity index is 1.33. The van der Waals surface area contributed by atoms with Crippen LogP contribution in [0.1, 0.15) is 23.2 Å². The Morgan fingerprint density at radius 3 is 2.37 bits per heavy atom. The average Bonchev–Trinajstić information content (AvgIpc) is 2.92. The molecule has 3 aliphatic heterocycles. The predicted octanol–water partition coefficient (Wildman–Crippen LogP) is 2.85. The van der Waals surface area contributed by atoms with Gasteiger partial charge < -0.3 is 24.2 Å². The van der Waals surface area contributed by atoms with Crippen molar-refractivity contribution in [3.63, 3.8) is 0 Å². The minimum atomic E-state index is -0.776. The van der Waals surface area contributed by atoms with Crippen molar-refractivity contribution in [2.45, 2.75) is 18.9 Å². The van der Waals surface area contributed by atoms with Gasteiger partial charge >= 0.3 is 0 Å². The van der Waals surface area contributed by atoms with Gasteiger partial charge in [-0.15, -0.1) is 0 Å². The van der Waals surface area contributed by atoms with E-state index in [1.165, 1.54) is 0 Å². The molecule has 0 bridgehead atoms. The Hall–Kier alpha value is -3.10. The number of amides is 3. The zero-order chi connectivity index (χ0) is 24.4. The molecular weight excluding hydrogens is 470 g/mol. The van der Waals surface area contributed by atoms with Crippen molar-refractivity contribution in [1.29, 1.82) is 0 Å². The molecule has 3 amide bonds. The Kier molecular flexibility index (Phi) is 6.92. The van der Waals surface area contributed by atoms with Crippen molar-refractivity contribution in [2.24, 2.45) is 5.92 Å². The minimum Gasteiger partial charge on any atom is -0.476 e. The molecule has 2 saturated heterocycles. The van der Waals surface area contributed by atoms with Crippen LogP contribution < -0.4 is 9.64 Å². The fourth-order valence-electron chi connectivity index (χ4n) is 4.92. The first-order valence-corrected chi connectivity index (χ1v) is 12.4. The first kappa shape index (κ1) is 23.6. The van der Waals surface area contributed by atoms with E-state index in [0.29, 0.717) is 67.8 Å². The van der Waals surface area contributed by atoms with Crippen molar-refractivity contribution >= 4 is 35.0 Å². The summed E-state index contributed by atoms with van der Waals surface area (Å²) >= 11 is 5.96. The van der Waals surface area contributed by atoms with Gasteiger partial charge in [0.25, 0.3) is 11.8 Å². The largest absolute Gasteiger partial charge is 0.476 e. The maximum Gasteiger partial charge on any atom is 0.265 e. The molecule has 3 heterocycles. The number of carbonyl (C=O) groups is 3.